The lowest BCUT2D eigenvalue weighted by Gasteiger charge is -2.41. The van der Waals surface area contributed by atoms with Gasteiger partial charge in [-0.25, -0.2) is 4.79 Å². The van der Waals surface area contributed by atoms with Crippen molar-refractivity contribution in [3.05, 3.63) is 0 Å². The average Bonchev–Trinajstić information content (AvgIpc) is 2.91. The summed E-state index contributed by atoms with van der Waals surface area (Å²) in [5, 5.41) is 0. The van der Waals surface area contributed by atoms with E-state index in [9.17, 15) is 9.59 Å². The lowest BCUT2D eigenvalue weighted by Crippen LogP contribution is -2.54. The molecule has 2 rings (SSSR count). The van der Waals surface area contributed by atoms with Gasteiger partial charge < -0.3 is 9.64 Å². The molecule has 0 bridgehead atoms. The van der Waals surface area contributed by atoms with E-state index in [1.54, 1.807) is 4.90 Å². The van der Waals surface area contributed by atoms with E-state index in [2.05, 4.69) is 0 Å². The first-order valence-corrected chi connectivity index (χ1v) is 4.97. The Labute approximate surface area is 83.2 Å². The van der Waals surface area contributed by atoms with Crippen LogP contribution < -0.4 is 0 Å². The van der Waals surface area contributed by atoms with Gasteiger partial charge in [0.15, 0.2) is 12.4 Å². The van der Waals surface area contributed by atoms with E-state index in [0.29, 0.717) is 12.6 Å². The van der Waals surface area contributed by atoms with Gasteiger partial charge in [-0.05, 0) is 12.8 Å². The van der Waals surface area contributed by atoms with Gasteiger partial charge in [-0.2, -0.15) is 0 Å². The molecule has 1 saturated carbocycles. The summed E-state index contributed by atoms with van der Waals surface area (Å²) < 4.78 is 5.08. The Hall–Kier alpha value is -1.06. The second kappa shape index (κ2) is 2.97. The largest absolute Gasteiger partial charge is 0.438 e. The number of amides is 1. The van der Waals surface area contributed by atoms with E-state index in [1.807, 2.05) is 13.8 Å². The minimum absolute atomic E-state index is 0.266. The number of aldehydes is 1. The summed E-state index contributed by atoms with van der Waals surface area (Å²) in [7, 11) is 0. The van der Waals surface area contributed by atoms with Crippen molar-refractivity contribution < 1.29 is 14.3 Å². The molecule has 2 aliphatic rings. The molecule has 1 heterocycles. The molecular formula is C10H15NO3. The Balaban J connectivity index is 2.12. The number of hydrogen-bond donors (Lipinski definition) is 0. The number of carbonyl (C=O) groups is 2. The number of hydrogen-bond acceptors (Lipinski definition) is 3. The molecule has 2 fully saturated rings. The lowest BCUT2D eigenvalue weighted by atomic mass is 9.85. The van der Waals surface area contributed by atoms with Crippen LogP contribution in [0.25, 0.3) is 0 Å². The summed E-state index contributed by atoms with van der Waals surface area (Å²) >= 11 is 0. The molecule has 1 aliphatic carbocycles. The Morgan fingerprint density at radius 2 is 2.14 bits per heavy atom. The molecule has 0 unspecified atom stereocenters. The molecule has 1 saturated heterocycles. The van der Waals surface area contributed by atoms with Crippen LogP contribution in [-0.2, 0) is 9.53 Å². The molecule has 78 valence electrons. The zero-order chi connectivity index (χ0) is 10.3. The van der Waals surface area contributed by atoms with Crippen molar-refractivity contribution in [2.45, 2.75) is 38.8 Å². The van der Waals surface area contributed by atoms with Crippen LogP contribution in [0, 0.1) is 5.41 Å². The molecule has 0 aromatic heterocycles. The average molecular weight is 197 g/mol. The summed E-state index contributed by atoms with van der Waals surface area (Å²) in [5.74, 6) is 0. The number of rotatable bonds is 2. The van der Waals surface area contributed by atoms with Crippen LogP contribution in [0.2, 0.25) is 0 Å². The van der Waals surface area contributed by atoms with Gasteiger partial charge in [0, 0.05) is 18.0 Å². The van der Waals surface area contributed by atoms with Gasteiger partial charge in [-0.3, -0.25) is 4.79 Å². The summed E-state index contributed by atoms with van der Waals surface area (Å²) in [6.45, 7) is 4.53. The van der Waals surface area contributed by atoms with Gasteiger partial charge in [0.1, 0.15) is 0 Å². The van der Waals surface area contributed by atoms with Gasteiger partial charge in [-0.15, -0.1) is 0 Å². The van der Waals surface area contributed by atoms with Crippen LogP contribution in [0.4, 0.5) is 4.79 Å². The highest BCUT2D eigenvalue weighted by Crippen LogP contribution is 2.36. The molecule has 4 nitrogen and oxygen atoms in total. The van der Waals surface area contributed by atoms with Gasteiger partial charge >= 0.3 is 6.09 Å². The van der Waals surface area contributed by atoms with Crippen LogP contribution in [0.5, 0.6) is 0 Å². The fraction of sp³-hybridized carbons (Fsp3) is 0.800. The van der Waals surface area contributed by atoms with E-state index in [0.717, 1.165) is 19.1 Å². The molecule has 0 aromatic rings. The number of cyclic esters (lactones) is 1. The molecule has 1 aliphatic heterocycles. The topological polar surface area (TPSA) is 46.6 Å². The number of ether oxygens (including phenoxy) is 1. The van der Waals surface area contributed by atoms with E-state index < -0.39 is 6.10 Å². The third-order valence-corrected chi connectivity index (χ3v) is 2.92. The van der Waals surface area contributed by atoms with Crippen LogP contribution in [-0.4, -0.2) is 36.0 Å². The Morgan fingerprint density at radius 1 is 1.50 bits per heavy atom. The molecule has 14 heavy (non-hydrogen) atoms. The van der Waals surface area contributed by atoms with Gasteiger partial charge in [0.2, 0.25) is 0 Å². The first kappa shape index (κ1) is 9.49. The Bertz CT molecular complexity index is 271. The van der Waals surface area contributed by atoms with Gasteiger partial charge in [-0.1, -0.05) is 13.8 Å². The molecule has 0 spiro atoms. The molecule has 0 radical (unpaired) electrons. The summed E-state index contributed by atoms with van der Waals surface area (Å²) in [6.07, 6.45) is 1.93. The van der Waals surface area contributed by atoms with Crippen molar-refractivity contribution in [2.75, 3.05) is 6.54 Å². The molecule has 1 atom stereocenters. The monoisotopic (exact) mass is 197 g/mol. The minimum Gasteiger partial charge on any atom is -0.438 e. The molecule has 1 amide bonds. The van der Waals surface area contributed by atoms with Crippen molar-refractivity contribution in [3.63, 3.8) is 0 Å². The van der Waals surface area contributed by atoms with E-state index in [4.69, 9.17) is 4.74 Å². The van der Waals surface area contributed by atoms with Crippen molar-refractivity contribution >= 4 is 12.4 Å². The molecule has 4 heteroatoms. The summed E-state index contributed by atoms with van der Waals surface area (Å²) in [6, 6.07) is 0.356. The fourth-order valence-electron chi connectivity index (χ4n) is 1.81. The van der Waals surface area contributed by atoms with Crippen molar-refractivity contribution in [1.29, 1.82) is 0 Å². The SMILES string of the molecule is CC1(C)CN(C2CC2)C(=O)O[C@@H]1C=O. The molecular weight excluding hydrogens is 182 g/mol. The Kier molecular flexibility index (Phi) is 2.01. The van der Waals surface area contributed by atoms with Crippen LogP contribution in [0.1, 0.15) is 26.7 Å². The second-order valence-corrected chi connectivity index (χ2v) is 4.79. The maximum Gasteiger partial charge on any atom is 0.410 e. The highest BCUT2D eigenvalue weighted by molar-refractivity contribution is 5.74. The van der Waals surface area contributed by atoms with Crippen LogP contribution in [0.15, 0.2) is 0 Å². The van der Waals surface area contributed by atoms with Crippen molar-refractivity contribution in [2.24, 2.45) is 5.41 Å². The third kappa shape index (κ3) is 1.49. The Morgan fingerprint density at radius 3 is 2.64 bits per heavy atom. The zero-order valence-corrected chi connectivity index (χ0v) is 8.53. The predicted molar refractivity (Wildman–Crippen MR) is 49.8 cm³/mol. The quantitative estimate of drug-likeness (QED) is 0.625. The number of carbonyl (C=O) groups excluding carboxylic acids is 2. The molecule has 0 aromatic carbocycles. The standard InChI is InChI=1S/C10H15NO3/c1-10(2)6-11(7-3-4-7)9(13)14-8(10)5-12/h5,7-8H,3-4,6H2,1-2H3/t8-/m1/s1. The van der Waals surface area contributed by atoms with Crippen molar-refractivity contribution in [1.82, 2.24) is 4.90 Å². The predicted octanol–water partition coefficient (Wildman–Crippen LogP) is 1.19. The zero-order valence-electron chi connectivity index (χ0n) is 8.53. The van der Waals surface area contributed by atoms with E-state index in [1.165, 1.54) is 0 Å². The summed E-state index contributed by atoms with van der Waals surface area (Å²) in [5.41, 5.74) is -0.266. The highest BCUT2D eigenvalue weighted by atomic mass is 16.6. The first-order chi connectivity index (χ1) is 6.54. The first-order valence-electron chi connectivity index (χ1n) is 4.97. The molecule has 0 N–H and O–H groups in total. The maximum absolute atomic E-state index is 11.5. The van der Waals surface area contributed by atoms with Crippen LogP contribution in [0.3, 0.4) is 0 Å². The lowest BCUT2D eigenvalue weighted by molar-refractivity contribution is -0.127. The second-order valence-electron chi connectivity index (χ2n) is 4.79. The number of nitrogens with zero attached hydrogens (tertiary/aromatic N) is 1. The fourth-order valence-corrected chi connectivity index (χ4v) is 1.81. The summed E-state index contributed by atoms with van der Waals surface area (Å²) in [4.78, 5) is 23.9. The van der Waals surface area contributed by atoms with E-state index >= 15 is 0 Å². The van der Waals surface area contributed by atoms with Gasteiger partial charge in [0.25, 0.3) is 0 Å². The minimum atomic E-state index is -0.593. The third-order valence-electron chi connectivity index (χ3n) is 2.92. The maximum atomic E-state index is 11.5. The van der Waals surface area contributed by atoms with Crippen LogP contribution >= 0.6 is 0 Å². The highest BCUT2D eigenvalue weighted by Gasteiger charge is 2.46. The smallest absolute Gasteiger partial charge is 0.410 e. The van der Waals surface area contributed by atoms with Gasteiger partial charge in [0.05, 0.1) is 0 Å². The van der Waals surface area contributed by atoms with E-state index in [-0.39, 0.29) is 11.5 Å². The van der Waals surface area contributed by atoms with Crippen molar-refractivity contribution in [3.8, 4) is 0 Å². The normalized spacial score (nSPS) is 31.1.